The number of hydrogen-bond acceptors (Lipinski definition) is 1. The van der Waals surface area contributed by atoms with Gasteiger partial charge < -0.3 is 5.32 Å². The summed E-state index contributed by atoms with van der Waals surface area (Å²) in [6.45, 7) is -0.208. The maximum absolute atomic E-state index is 13.5. The zero-order valence-electron chi connectivity index (χ0n) is 11.7. The molecule has 1 aliphatic carbocycles. The van der Waals surface area contributed by atoms with Gasteiger partial charge in [-0.25, -0.2) is 13.2 Å². The molecule has 1 N–H and O–H groups in total. The van der Waals surface area contributed by atoms with Gasteiger partial charge in [0.25, 0.3) is 0 Å². The quantitative estimate of drug-likeness (QED) is 0.921. The number of halogens is 3. The van der Waals surface area contributed by atoms with E-state index >= 15 is 0 Å². The van der Waals surface area contributed by atoms with E-state index in [-0.39, 0.29) is 23.8 Å². The number of carbonyl (C=O) groups excluding carboxylic acids is 1. The van der Waals surface area contributed by atoms with Gasteiger partial charge in [-0.15, -0.1) is 0 Å². The molecule has 0 aliphatic heterocycles. The Balaban J connectivity index is 1.74. The van der Waals surface area contributed by atoms with Crippen molar-refractivity contribution < 1.29 is 18.0 Å². The lowest BCUT2D eigenvalue weighted by atomic mass is 9.95. The van der Waals surface area contributed by atoms with Crippen LogP contribution < -0.4 is 5.32 Å². The number of nitrogens with one attached hydrogen (secondary N) is 1. The molecule has 5 heteroatoms. The summed E-state index contributed by atoms with van der Waals surface area (Å²) in [5.74, 6) is -2.03. The average molecular weight is 305 g/mol. The van der Waals surface area contributed by atoms with Crippen molar-refractivity contribution in [3.05, 3.63) is 71.0 Å². The molecule has 0 aromatic heterocycles. The standard InChI is InChI=1S/C17H14F3NO/c18-12-6-4-11(5-7-12)17(8-9-17)16(22)21-10-13-14(19)2-1-3-15(13)20/h1-7H,8-10H2,(H,21,22). The summed E-state index contributed by atoms with van der Waals surface area (Å²) in [5, 5.41) is 2.58. The number of carbonyl (C=O) groups is 1. The predicted octanol–water partition coefficient (Wildman–Crippen LogP) is 3.45. The van der Waals surface area contributed by atoms with Crippen LogP contribution in [0.5, 0.6) is 0 Å². The molecule has 0 unspecified atom stereocenters. The van der Waals surface area contributed by atoms with Crippen molar-refractivity contribution in [3.63, 3.8) is 0 Å². The van der Waals surface area contributed by atoms with Crippen LogP contribution in [0.25, 0.3) is 0 Å². The van der Waals surface area contributed by atoms with Gasteiger partial charge in [0.15, 0.2) is 0 Å². The van der Waals surface area contributed by atoms with E-state index in [0.29, 0.717) is 12.8 Å². The van der Waals surface area contributed by atoms with Gasteiger partial charge in [0, 0.05) is 12.1 Å². The molecule has 3 rings (SSSR count). The van der Waals surface area contributed by atoms with E-state index in [4.69, 9.17) is 0 Å². The highest BCUT2D eigenvalue weighted by Gasteiger charge is 2.51. The Bertz CT molecular complexity index is 688. The molecule has 1 amide bonds. The Morgan fingerprint density at radius 2 is 1.59 bits per heavy atom. The molecule has 2 nitrogen and oxygen atoms in total. The first-order chi connectivity index (χ1) is 10.5. The molecule has 114 valence electrons. The Hall–Kier alpha value is -2.30. The molecular weight excluding hydrogens is 291 g/mol. The molecule has 0 bridgehead atoms. The van der Waals surface area contributed by atoms with Crippen LogP contribution in [-0.2, 0) is 16.8 Å². The highest BCUT2D eigenvalue weighted by Crippen LogP contribution is 2.48. The van der Waals surface area contributed by atoms with Crippen molar-refractivity contribution in [3.8, 4) is 0 Å². The Morgan fingerprint density at radius 3 is 2.14 bits per heavy atom. The van der Waals surface area contributed by atoms with Gasteiger partial charge in [-0.2, -0.15) is 0 Å². The van der Waals surface area contributed by atoms with E-state index in [9.17, 15) is 18.0 Å². The summed E-state index contributed by atoms with van der Waals surface area (Å²) in [5.41, 5.74) is -0.138. The predicted molar refractivity (Wildman–Crippen MR) is 75.5 cm³/mol. The fourth-order valence-corrected chi connectivity index (χ4v) is 2.58. The minimum atomic E-state index is -0.699. The number of hydrogen-bond donors (Lipinski definition) is 1. The number of amides is 1. The maximum Gasteiger partial charge on any atom is 0.230 e. The first-order valence-corrected chi connectivity index (χ1v) is 7.00. The summed E-state index contributed by atoms with van der Waals surface area (Å²) in [7, 11) is 0. The summed E-state index contributed by atoms with van der Waals surface area (Å²) >= 11 is 0. The van der Waals surface area contributed by atoms with Crippen molar-refractivity contribution in [2.45, 2.75) is 24.8 Å². The van der Waals surface area contributed by atoms with Crippen molar-refractivity contribution in [2.75, 3.05) is 0 Å². The fourth-order valence-electron chi connectivity index (χ4n) is 2.58. The molecule has 1 aliphatic rings. The second kappa shape index (κ2) is 5.48. The van der Waals surface area contributed by atoms with E-state index < -0.39 is 17.0 Å². The highest BCUT2D eigenvalue weighted by molar-refractivity contribution is 5.91. The first-order valence-electron chi connectivity index (χ1n) is 7.00. The molecular formula is C17H14F3NO. The molecule has 2 aromatic carbocycles. The van der Waals surface area contributed by atoms with Crippen LogP contribution in [0.15, 0.2) is 42.5 Å². The first kappa shape index (κ1) is 14.6. The van der Waals surface area contributed by atoms with Crippen LogP contribution in [0.3, 0.4) is 0 Å². The average Bonchev–Trinajstić information content (AvgIpc) is 3.29. The Morgan fingerprint density at radius 1 is 1.00 bits per heavy atom. The van der Waals surface area contributed by atoms with Gasteiger partial charge in [0.05, 0.1) is 5.41 Å². The van der Waals surface area contributed by atoms with Gasteiger partial charge in [-0.05, 0) is 42.7 Å². The van der Waals surface area contributed by atoms with Crippen LogP contribution in [-0.4, -0.2) is 5.91 Å². The monoisotopic (exact) mass is 305 g/mol. The zero-order valence-corrected chi connectivity index (χ0v) is 11.7. The van der Waals surface area contributed by atoms with E-state index in [0.717, 1.165) is 17.7 Å². The molecule has 1 fully saturated rings. The highest BCUT2D eigenvalue weighted by atomic mass is 19.1. The van der Waals surface area contributed by atoms with Gasteiger partial charge in [0.1, 0.15) is 17.5 Å². The largest absolute Gasteiger partial charge is 0.351 e. The molecule has 0 atom stereocenters. The van der Waals surface area contributed by atoms with Crippen molar-refractivity contribution in [1.29, 1.82) is 0 Å². The molecule has 0 saturated heterocycles. The smallest absolute Gasteiger partial charge is 0.230 e. The SMILES string of the molecule is O=C(NCc1c(F)cccc1F)C1(c2ccc(F)cc2)CC1. The zero-order chi connectivity index (χ0) is 15.7. The lowest BCUT2D eigenvalue weighted by molar-refractivity contribution is -0.123. The van der Waals surface area contributed by atoms with Crippen LogP contribution in [0.1, 0.15) is 24.0 Å². The summed E-state index contributed by atoms with van der Waals surface area (Å²) in [4.78, 5) is 12.4. The van der Waals surface area contributed by atoms with Gasteiger partial charge >= 0.3 is 0 Å². The molecule has 0 spiro atoms. The number of benzene rings is 2. The third kappa shape index (κ3) is 2.58. The van der Waals surface area contributed by atoms with Gasteiger partial charge in [-0.3, -0.25) is 4.79 Å². The summed E-state index contributed by atoms with van der Waals surface area (Å²) in [6, 6.07) is 9.33. The third-order valence-electron chi connectivity index (χ3n) is 4.07. The van der Waals surface area contributed by atoms with Crippen LogP contribution in [0, 0.1) is 17.5 Å². The minimum absolute atomic E-state index is 0.161. The second-order valence-electron chi connectivity index (χ2n) is 5.47. The van der Waals surface area contributed by atoms with Crippen molar-refractivity contribution in [2.24, 2.45) is 0 Å². The third-order valence-corrected chi connectivity index (χ3v) is 4.07. The van der Waals surface area contributed by atoms with E-state index in [1.54, 1.807) is 12.1 Å². The normalized spacial score (nSPS) is 15.4. The fraction of sp³-hybridized carbons (Fsp3) is 0.235. The Kier molecular flexibility index (Phi) is 3.64. The lowest BCUT2D eigenvalue weighted by Crippen LogP contribution is -2.34. The van der Waals surface area contributed by atoms with E-state index in [1.165, 1.54) is 18.2 Å². The molecule has 2 aromatic rings. The Labute approximate surface area is 126 Å². The van der Waals surface area contributed by atoms with Gasteiger partial charge in [-0.1, -0.05) is 18.2 Å². The summed E-state index contributed by atoms with van der Waals surface area (Å²) < 4.78 is 40.1. The van der Waals surface area contributed by atoms with Crippen LogP contribution in [0.4, 0.5) is 13.2 Å². The van der Waals surface area contributed by atoms with Crippen molar-refractivity contribution in [1.82, 2.24) is 5.32 Å². The maximum atomic E-state index is 13.5. The van der Waals surface area contributed by atoms with E-state index in [1.807, 2.05) is 0 Å². The van der Waals surface area contributed by atoms with Crippen molar-refractivity contribution >= 4 is 5.91 Å². The molecule has 1 saturated carbocycles. The van der Waals surface area contributed by atoms with Crippen LogP contribution in [0.2, 0.25) is 0 Å². The topological polar surface area (TPSA) is 29.1 Å². The van der Waals surface area contributed by atoms with Gasteiger partial charge in [0.2, 0.25) is 5.91 Å². The second-order valence-corrected chi connectivity index (χ2v) is 5.47. The molecule has 0 radical (unpaired) electrons. The number of rotatable bonds is 4. The summed E-state index contributed by atoms with van der Waals surface area (Å²) in [6.07, 6.45) is 1.29. The lowest BCUT2D eigenvalue weighted by Gasteiger charge is -2.16. The minimum Gasteiger partial charge on any atom is -0.351 e. The molecule has 22 heavy (non-hydrogen) atoms. The molecule has 0 heterocycles. The van der Waals surface area contributed by atoms with E-state index in [2.05, 4.69) is 5.32 Å². The van der Waals surface area contributed by atoms with Crippen LogP contribution >= 0.6 is 0 Å².